The van der Waals surface area contributed by atoms with Crippen molar-refractivity contribution < 1.29 is 9.53 Å². The van der Waals surface area contributed by atoms with Crippen LogP contribution in [0.5, 0.6) is 5.75 Å². The monoisotopic (exact) mass is 330 g/mol. The molecule has 0 aliphatic heterocycles. The van der Waals surface area contributed by atoms with Crippen molar-refractivity contribution in [1.29, 1.82) is 0 Å². The molecule has 6 heteroatoms. The van der Waals surface area contributed by atoms with Crippen molar-refractivity contribution in [3.63, 3.8) is 0 Å². The lowest BCUT2D eigenvalue weighted by molar-refractivity contribution is -0.117. The first-order chi connectivity index (χ1) is 11.4. The van der Waals surface area contributed by atoms with Gasteiger partial charge in [0.25, 0.3) is 0 Å². The van der Waals surface area contributed by atoms with E-state index in [1.807, 2.05) is 50.2 Å². The van der Waals surface area contributed by atoms with E-state index in [-0.39, 0.29) is 11.9 Å². The smallest absolute Gasteiger partial charge is 0.239 e. The van der Waals surface area contributed by atoms with Gasteiger partial charge in [0.1, 0.15) is 11.6 Å². The van der Waals surface area contributed by atoms with Gasteiger partial charge in [-0.1, -0.05) is 18.2 Å². The highest BCUT2D eigenvalue weighted by Crippen LogP contribution is 2.20. The van der Waals surface area contributed by atoms with Crippen LogP contribution in [0.25, 0.3) is 0 Å². The van der Waals surface area contributed by atoms with E-state index in [2.05, 4.69) is 23.4 Å². The molecule has 1 N–H and O–H groups in total. The molecule has 0 radical (unpaired) electrons. The Morgan fingerprint density at radius 3 is 2.75 bits per heavy atom. The van der Waals surface area contributed by atoms with Gasteiger partial charge in [-0.15, -0.1) is 0 Å². The van der Waals surface area contributed by atoms with Crippen LogP contribution in [-0.4, -0.2) is 47.3 Å². The SMILES string of the molecule is COc1ccccc1C[C@H](C)N(C)CC(=O)Nc1cc(C)nn1C. The summed E-state index contributed by atoms with van der Waals surface area (Å²) in [5, 5.41) is 7.13. The normalized spacial score (nSPS) is 12.2. The minimum absolute atomic E-state index is 0.0487. The number of aromatic nitrogens is 2. The number of hydrogen-bond acceptors (Lipinski definition) is 4. The van der Waals surface area contributed by atoms with Gasteiger partial charge in [0.2, 0.25) is 5.91 Å². The number of rotatable bonds is 7. The Balaban J connectivity index is 1.92. The number of carbonyl (C=O) groups is 1. The van der Waals surface area contributed by atoms with Crippen molar-refractivity contribution in [2.45, 2.75) is 26.3 Å². The van der Waals surface area contributed by atoms with E-state index in [0.717, 1.165) is 23.4 Å². The van der Waals surface area contributed by atoms with Gasteiger partial charge in [0.15, 0.2) is 0 Å². The fraction of sp³-hybridized carbons (Fsp3) is 0.444. The molecule has 0 saturated heterocycles. The molecule has 6 nitrogen and oxygen atoms in total. The number of anilines is 1. The summed E-state index contributed by atoms with van der Waals surface area (Å²) >= 11 is 0. The molecule has 1 amide bonds. The third-order valence-corrected chi connectivity index (χ3v) is 4.12. The quantitative estimate of drug-likeness (QED) is 0.846. The van der Waals surface area contributed by atoms with Gasteiger partial charge in [0, 0.05) is 19.2 Å². The molecular weight excluding hydrogens is 304 g/mol. The number of amides is 1. The van der Waals surface area contributed by atoms with Crippen LogP contribution in [0.1, 0.15) is 18.2 Å². The highest BCUT2D eigenvalue weighted by molar-refractivity contribution is 5.91. The van der Waals surface area contributed by atoms with E-state index in [1.54, 1.807) is 11.8 Å². The van der Waals surface area contributed by atoms with E-state index in [1.165, 1.54) is 0 Å². The summed E-state index contributed by atoms with van der Waals surface area (Å²) < 4.78 is 7.07. The van der Waals surface area contributed by atoms with E-state index in [4.69, 9.17) is 4.74 Å². The maximum absolute atomic E-state index is 12.2. The fourth-order valence-corrected chi connectivity index (χ4v) is 2.64. The Labute approximate surface area is 143 Å². The number of nitrogens with one attached hydrogen (secondary N) is 1. The Hall–Kier alpha value is -2.34. The van der Waals surface area contributed by atoms with Crippen molar-refractivity contribution in [1.82, 2.24) is 14.7 Å². The molecule has 24 heavy (non-hydrogen) atoms. The minimum Gasteiger partial charge on any atom is -0.496 e. The maximum atomic E-state index is 12.2. The van der Waals surface area contributed by atoms with Crippen molar-refractivity contribution in [3.05, 3.63) is 41.6 Å². The highest BCUT2D eigenvalue weighted by atomic mass is 16.5. The summed E-state index contributed by atoms with van der Waals surface area (Å²) in [7, 11) is 5.45. The average molecular weight is 330 g/mol. The van der Waals surface area contributed by atoms with Gasteiger partial charge in [-0.2, -0.15) is 5.10 Å². The van der Waals surface area contributed by atoms with Gasteiger partial charge in [0.05, 0.1) is 19.3 Å². The number of likely N-dealkylation sites (N-methyl/N-ethyl adjacent to an activating group) is 1. The summed E-state index contributed by atoms with van der Waals surface area (Å²) in [5.41, 5.74) is 2.02. The zero-order valence-electron chi connectivity index (χ0n) is 15.0. The lowest BCUT2D eigenvalue weighted by Crippen LogP contribution is -2.37. The number of methoxy groups -OCH3 is 1. The summed E-state index contributed by atoms with van der Waals surface area (Å²) in [5.74, 6) is 1.54. The molecule has 0 aliphatic carbocycles. The molecule has 1 atom stereocenters. The Kier molecular flexibility index (Phi) is 5.98. The summed E-state index contributed by atoms with van der Waals surface area (Å²) in [6.45, 7) is 4.32. The number of benzene rings is 1. The standard InChI is InChI=1S/C18H26N4O2/c1-13-10-17(22(4)20-13)19-18(23)12-21(3)14(2)11-15-8-6-7-9-16(15)24-5/h6-10,14H,11-12H2,1-5H3,(H,19,23)/t14-/m0/s1. The lowest BCUT2D eigenvalue weighted by atomic mass is 10.1. The van der Waals surface area contributed by atoms with Crippen LogP contribution in [0.3, 0.4) is 0 Å². The average Bonchev–Trinajstić information content (AvgIpc) is 2.85. The van der Waals surface area contributed by atoms with Crippen LogP contribution in [0.15, 0.2) is 30.3 Å². The molecular formula is C18H26N4O2. The van der Waals surface area contributed by atoms with Crippen LogP contribution in [0.4, 0.5) is 5.82 Å². The molecule has 130 valence electrons. The van der Waals surface area contributed by atoms with Gasteiger partial charge in [-0.25, -0.2) is 0 Å². The first kappa shape index (κ1) is 18.0. The highest BCUT2D eigenvalue weighted by Gasteiger charge is 2.16. The molecule has 0 spiro atoms. The van der Waals surface area contributed by atoms with Gasteiger partial charge in [-0.3, -0.25) is 14.4 Å². The second kappa shape index (κ2) is 7.97. The lowest BCUT2D eigenvalue weighted by Gasteiger charge is -2.24. The summed E-state index contributed by atoms with van der Waals surface area (Å²) in [4.78, 5) is 14.3. The third-order valence-electron chi connectivity index (χ3n) is 4.12. The Bertz CT molecular complexity index is 696. The largest absolute Gasteiger partial charge is 0.496 e. The van der Waals surface area contributed by atoms with Crippen LogP contribution in [0.2, 0.25) is 0 Å². The number of para-hydroxylation sites is 1. The van der Waals surface area contributed by atoms with Gasteiger partial charge < -0.3 is 10.1 Å². The molecule has 1 heterocycles. The molecule has 1 aromatic heterocycles. The summed E-state index contributed by atoms with van der Waals surface area (Å²) in [6, 6.07) is 10.0. The van der Waals surface area contributed by atoms with Crippen molar-refractivity contribution >= 4 is 11.7 Å². The van der Waals surface area contributed by atoms with Gasteiger partial charge in [-0.05, 0) is 38.9 Å². The predicted octanol–water partition coefficient (Wildman–Crippen LogP) is 2.24. The van der Waals surface area contributed by atoms with Crippen LogP contribution in [0, 0.1) is 6.92 Å². The summed E-state index contributed by atoms with van der Waals surface area (Å²) in [6.07, 6.45) is 0.818. The zero-order valence-corrected chi connectivity index (χ0v) is 15.0. The third kappa shape index (κ3) is 4.58. The van der Waals surface area contributed by atoms with E-state index < -0.39 is 0 Å². The molecule has 2 rings (SSSR count). The minimum atomic E-state index is -0.0487. The zero-order chi connectivity index (χ0) is 17.7. The Morgan fingerprint density at radius 1 is 1.42 bits per heavy atom. The first-order valence-electron chi connectivity index (χ1n) is 8.03. The first-order valence-corrected chi connectivity index (χ1v) is 8.03. The number of aryl methyl sites for hydroxylation is 2. The van der Waals surface area contributed by atoms with E-state index >= 15 is 0 Å². The van der Waals surface area contributed by atoms with E-state index in [9.17, 15) is 4.79 Å². The number of ether oxygens (including phenoxy) is 1. The molecule has 0 fully saturated rings. The molecule has 0 unspecified atom stereocenters. The second-order valence-corrected chi connectivity index (χ2v) is 6.12. The van der Waals surface area contributed by atoms with Crippen molar-refractivity contribution in [3.8, 4) is 5.75 Å². The van der Waals surface area contributed by atoms with Crippen LogP contribution < -0.4 is 10.1 Å². The van der Waals surface area contributed by atoms with Crippen LogP contribution in [-0.2, 0) is 18.3 Å². The topological polar surface area (TPSA) is 59.4 Å². The van der Waals surface area contributed by atoms with Crippen LogP contribution >= 0.6 is 0 Å². The predicted molar refractivity (Wildman–Crippen MR) is 95.4 cm³/mol. The number of carbonyl (C=O) groups excluding carboxylic acids is 1. The fourth-order valence-electron chi connectivity index (χ4n) is 2.64. The van der Waals surface area contributed by atoms with Crippen molar-refractivity contribution in [2.75, 3.05) is 26.0 Å². The maximum Gasteiger partial charge on any atom is 0.239 e. The second-order valence-electron chi connectivity index (χ2n) is 6.12. The van der Waals surface area contributed by atoms with Gasteiger partial charge >= 0.3 is 0 Å². The Morgan fingerprint density at radius 2 is 2.12 bits per heavy atom. The molecule has 1 aromatic carbocycles. The molecule has 0 aliphatic rings. The number of hydrogen-bond donors (Lipinski definition) is 1. The molecule has 0 saturated carbocycles. The van der Waals surface area contributed by atoms with Crippen molar-refractivity contribution in [2.24, 2.45) is 7.05 Å². The number of nitrogens with zero attached hydrogens (tertiary/aromatic N) is 3. The van der Waals surface area contributed by atoms with E-state index in [0.29, 0.717) is 12.4 Å². The molecule has 0 bridgehead atoms. The molecule has 2 aromatic rings.